The maximum absolute atomic E-state index is 10.8. The number of benzene rings is 1. The van der Waals surface area contributed by atoms with Crippen LogP contribution in [0.4, 0.5) is 5.69 Å². The van der Waals surface area contributed by atoms with Crippen molar-refractivity contribution in [3.8, 4) is 0 Å². The van der Waals surface area contributed by atoms with Crippen LogP contribution in [0.2, 0.25) is 0 Å². The molecule has 21 heavy (non-hydrogen) atoms. The Balaban J connectivity index is 1.96. The van der Waals surface area contributed by atoms with Gasteiger partial charge in [-0.15, -0.1) is 0 Å². The standard InChI is InChI=1S/C15H23N3O3/c1-2-16-7-4-8-17(10-9-16)12-15(19)13-5-3-6-14(11-13)18(20)21/h3,5-6,11,15,19H,2,4,7-10,12H2,1H3. The first-order valence-electron chi connectivity index (χ1n) is 7.47. The molecule has 1 unspecified atom stereocenters. The molecule has 6 nitrogen and oxygen atoms in total. The van der Waals surface area contributed by atoms with Gasteiger partial charge in [0.1, 0.15) is 0 Å². The summed E-state index contributed by atoms with van der Waals surface area (Å²) < 4.78 is 0. The van der Waals surface area contributed by atoms with Crippen molar-refractivity contribution in [2.75, 3.05) is 39.3 Å². The normalized spacial score (nSPS) is 19.1. The van der Waals surface area contributed by atoms with E-state index in [1.54, 1.807) is 12.1 Å². The fourth-order valence-electron chi connectivity index (χ4n) is 2.72. The number of β-amino-alcohol motifs (C(OH)–C–C–N with tert-alkyl or cyclic N) is 1. The summed E-state index contributed by atoms with van der Waals surface area (Å²) >= 11 is 0. The molecule has 1 aromatic carbocycles. The van der Waals surface area contributed by atoms with Gasteiger partial charge in [-0.3, -0.25) is 15.0 Å². The number of aliphatic hydroxyl groups is 1. The molecule has 1 fully saturated rings. The predicted molar refractivity (Wildman–Crippen MR) is 81.2 cm³/mol. The lowest BCUT2D eigenvalue weighted by Gasteiger charge is -2.23. The Kier molecular flexibility index (Phi) is 5.67. The molecule has 1 aliphatic heterocycles. The van der Waals surface area contributed by atoms with Crippen molar-refractivity contribution in [2.45, 2.75) is 19.4 Å². The number of rotatable bonds is 5. The molecule has 0 aliphatic carbocycles. The molecule has 1 atom stereocenters. The summed E-state index contributed by atoms with van der Waals surface area (Å²) in [5.74, 6) is 0. The van der Waals surface area contributed by atoms with Crippen LogP contribution in [-0.2, 0) is 0 Å². The maximum atomic E-state index is 10.8. The molecule has 1 heterocycles. The summed E-state index contributed by atoms with van der Waals surface area (Å²) in [6.45, 7) is 7.74. The highest BCUT2D eigenvalue weighted by atomic mass is 16.6. The Bertz CT molecular complexity index is 481. The second-order valence-electron chi connectivity index (χ2n) is 5.46. The maximum Gasteiger partial charge on any atom is 0.269 e. The van der Waals surface area contributed by atoms with Gasteiger partial charge in [0.15, 0.2) is 0 Å². The topological polar surface area (TPSA) is 69.8 Å². The van der Waals surface area contributed by atoms with Crippen molar-refractivity contribution in [1.29, 1.82) is 0 Å². The van der Waals surface area contributed by atoms with Gasteiger partial charge in [0, 0.05) is 31.8 Å². The third-order valence-corrected chi connectivity index (χ3v) is 4.03. The molecule has 0 aromatic heterocycles. The first-order valence-corrected chi connectivity index (χ1v) is 7.47. The highest BCUT2D eigenvalue weighted by Crippen LogP contribution is 2.20. The van der Waals surface area contributed by atoms with Crippen LogP contribution in [0.25, 0.3) is 0 Å². The Labute approximate surface area is 125 Å². The minimum Gasteiger partial charge on any atom is -0.387 e. The first kappa shape index (κ1) is 15.9. The van der Waals surface area contributed by atoms with E-state index in [0.29, 0.717) is 12.1 Å². The second kappa shape index (κ2) is 7.49. The van der Waals surface area contributed by atoms with Gasteiger partial charge < -0.3 is 10.0 Å². The zero-order chi connectivity index (χ0) is 15.2. The lowest BCUT2D eigenvalue weighted by atomic mass is 10.1. The summed E-state index contributed by atoms with van der Waals surface area (Å²) in [6, 6.07) is 6.27. The number of aliphatic hydroxyl groups excluding tert-OH is 1. The fourth-order valence-corrected chi connectivity index (χ4v) is 2.72. The number of nitro groups is 1. The molecular formula is C15H23N3O3. The Morgan fingerprint density at radius 2 is 2.00 bits per heavy atom. The molecule has 1 saturated heterocycles. The molecule has 2 rings (SSSR count). The zero-order valence-corrected chi connectivity index (χ0v) is 12.4. The third-order valence-electron chi connectivity index (χ3n) is 4.03. The van der Waals surface area contributed by atoms with Crippen molar-refractivity contribution >= 4 is 5.69 Å². The summed E-state index contributed by atoms with van der Waals surface area (Å²) in [7, 11) is 0. The largest absolute Gasteiger partial charge is 0.387 e. The van der Waals surface area contributed by atoms with Crippen LogP contribution >= 0.6 is 0 Å². The van der Waals surface area contributed by atoms with Gasteiger partial charge in [-0.05, 0) is 31.6 Å². The first-order chi connectivity index (χ1) is 10.1. The lowest BCUT2D eigenvalue weighted by Crippen LogP contribution is -2.33. The van der Waals surface area contributed by atoms with E-state index in [9.17, 15) is 15.2 Å². The quantitative estimate of drug-likeness (QED) is 0.660. The van der Waals surface area contributed by atoms with E-state index in [0.717, 1.165) is 39.1 Å². The van der Waals surface area contributed by atoms with E-state index < -0.39 is 11.0 Å². The molecule has 0 radical (unpaired) electrons. The average molecular weight is 293 g/mol. The molecule has 1 N–H and O–H groups in total. The number of hydrogen-bond acceptors (Lipinski definition) is 5. The SMILES string of the molecule is CCN1CCCN(CC(O)c2cccc([N+](=O)[O-])c2)CC1. The fraction of sp³-hybridized carbons (Fsp3) is 0.600. The molecule has 0 saturated carbocycles. The van der Waals surface area contributed by atoms with Crippen molar-refractivity contribution in [2.24, 2.45) is 0 Å². The van der Waals surface area contributed by atoms with Gasteiger partial charge in [-0.2, -0.15) is 0 Å². The predicted octanol–water partition coefficient (Wildman–Crippen LogP) is 1.66. The van der Waals surface area contributed by atoms with Crippen LogP contribution in [-0.4, -0.2) is 59.1 Å². The molecule has 1 aliphatic rings. The van der Waals surface area contributed by atoms with Crippen molar-refractivity contribution in [3.05, 3.63) is 39.9 Å². The summed E-state index contributed by atoms with van der Waals surface area (Å²) in [4.78, 5) is 15.0. The third kappa shape index (κ3) is 4.49. The highest BCUT2D eigenvalue weighted by Gasteiger charge is 2.18. The number of nitrogens with zero attached hydrogens (tertiary/aromatic N) is 3. The molecule has 0 bridgehead atoms. The van der Waals surface area contributed by atoms with Gasteiger partial charge >= 0.3 is 0 Å². The van der Waals surface area contributed by atoms with E-state index in [2.05, 4.69) is 16.7 Å². The zero-order valence-electron chi connectivity index (χ0n) is 12.4. The van der Waals surface area contributed by atoms with E-state index in [1.165, 1.54) is 12.1 Å². The van der Waals surface area contributed by atoms with Gasteiger partial charge in [0.2, 0.25) is 0 Å². The van der Waals surface area contributed by atoms with E-state index >= 15 is 0 Å². The van der Waals surface area contributed by atoms with Crippen LogP contribution in [0.1, 0.15) is 25.0 Å². The monoisotopic (exact) mass is 293 g/mol. The highest BCUT2D eigenvalue weighted by molar-refractivity contribution is 5.35. The number of hydrogen-bond donors (Lipinski definition) is 1. The minimum absolute atomic E-state index is 0.0274. The molecule has 0 amide bonds. The molecule has 1 aromatic rings. The summed E-state index contributed by atoms with van der Waals surface area (Å²) in [5, 5.41) is 21.1. The second-order valence-corrected chi connectivity index (χ2v) is 5.46. The van der Waals surface area contributed by atoms with Gasteiger partial charge in [-0.1, -0.05) is 19.1 Å². The summed E-state index contributed by atoms with van der Waals surface area (Å²) in [5.41, 5.74) is 0.639. The molecular weight excluding hydrogens is 270 g/mol. The summed E-state index contributed by atoms with van der Waals surface area (Å²) in [6.07, 6.45) is 0.410. The molecule has 6 heteroatoms. The van der Waals surface area contributed by atoms with Gasteiger partial charge in [0.25, 0.3) is 5.69 Å². The van der Waals surface area contributed by atoms with Crippen LogP contribution in [0.15, 0.2) is 24.3 Å². The Morgan fingerprint density at radius 1 is 1.29 bits per heavy atom. The van der Waals surface area contributed by atoms with Crippen LogP contribution in [0.5, 0.6) is 0 Å². The Hall–Kier alpha value is -1.50. The van der Waals surface area contributed by atoms with E-state index in [4.69, 9.17) is 0 Å². The van der Waals surface area contributed by atoms with Crippen LogP contribution < -0.4 is 0 Å². The average Bonchev–Trinajstić information content (AvgIpc) is 2.72. The van der Waals surface area contributed by atoms with Gasteiger partial charge in [-0.25, -0.2) is 0 Å². The Morgan fingerprint density at radius 3 is 2.71 bits per heavy atom. The molecule has 116 valence electrons. The number of likely N-dealkylation sites (N-methyl/N-ethyl adjacent to an activating group) is 1. The lowest BCUT2D eigenvalue weighted by molar-refractivity contribution is -0.385. The van der Waals surface area contributed by atoms with Crippen molar-refractivity contribution in [1.82, 2.24) is 9.80 Å². The van der Waals surface area contributed by atoms with Gasteiger partial charge in [0.05, 0.1) is 11.0 Å². The molecule has 0 spiro atoms. The smallest absolute Gasteiger partial charge is 0.269 e. The van der Waals surface area contributed by atoms with Crippen LogP contribution in [0.3, 0.4) is 0 Å². The number of nitro benzene ring substituents is 1. The van der Waals surface area contributed by atoms with E-state index in [1.807, 2.05) is 0 Å². The van der Waals surface area contributed by atoms with Crippen molar-refractivity contribution in [3.63, 3.8) is 0 Å². The van der Waals surface area contributed by atoms with E-state index in [-0.39, 0.29) is 5.69 Å². The number of non-ortho nitro benzene ring substituents is 1. The van der Waals surface area contributed by atoms with Crippen LogP contribution in [0, 0.1) is 10.1 Å². The van der Waals surface area contributed by atoms with Crippen molar-refractivity contribution < 1.29 is 10.0 Å². The minimum atomic E-state index is -0.682.